The maximum atomic E-state index is 13.9. The van der Waals surface area contributed by atoms with Crippen LogP contribution in [0.25, 0.3) is 22.6 Å². The number of fused-ring (bicyclic) bond motifs is 1. The van der Waals surface area contributed by atoms with E-state index in [2.05, 4.69) is 30.1 Å². The number of ether oxygens (including phenoxy) is 1. The normalized spacial score (nSPS) is 10.9. The summed E-state index contributed by atoms with van der Waals surface area (Å²) in [5.74, 6) is -1.26. The summed E-state index contributed by atoms with van der Waals surface area (Å²) in [6.07, 6.45) is 0.244. The molecule has 31 heavy (non-hydrogen) atoms. The number of pyridine rings is 1. The predicted octanol–water partition coefficient (Wildman–Crippen LogP) is 2.56. The van der Waals surface area contributed by atoms with Crippen molar-refractivity contribution in [3.63, 3.8) is 0 Å². The molecule has 0 aliphatic carbocycles. The Hall–Kier alpha value is -4.35. The van der Waals surface area contributed by atoms with Gasteiger partial charge in [0.15, 0.2) is 23.1 Å². The van der Waals surface area contributed by atoms with Crippen molar-refractivity contribution in [2.75, 3.05) is 23.9 Å². The Kier molecular flexibility index (Phi) is 5.03. The van der Waals surface area contributed by atoms with E-state index in [1.54, 1.807) is 12.1 Å². The second-order valence-corrected chi connectivity index (χ2v) is 6.47. The van der Waals surface area contributed by atoms with Gasteiger partial charge in [-0.05, 0) is 23.8 Å². The quantitative estimate of drug-likeness (QED) is 0.451. The molecular formula is C19H16F2N8O2. The van der Waals surface area contributed by atoms with Crippen LogP contribution in [0.2, 0.25) is 0 Å². The van der Waals surface area contributed by atoms with Crippen molar-refractivity contribution < 1.29 is 18.3 Å². The van der Waals surface area contributed by atoms with Gasteiger partial charge in [-0.3, -0.25) is 5.32 Å². The molecule has 1 amide bonds. The Labute approximate surface area is 173 Å². The van der Waals surface area contributed by atoms with Crippen LogP contribution in [0.3, 0.4) is 0 Å². The van der Waals surface area contributed by atoms with E-state index < -0.39 is 17.7 Å². The summed E-state index contributed by atoms with van der Waals surface area (Å²) in [7, 11) is 1.18. The minimum absolute atomic E-state index is 0.000748. The smallest absolute Gasteiger partial charge is 0.411 e. The molecule has 0 saturated heterocycles. The van der Waals surface area contributed by atoms with Crippen LogP contribution in [0.4, 0.5) is 30.9 Å². The Morgan fingerprint density at radius 2 is 1.90 bits per heavy atom. The van der Waals surface area contributed by atoms with Gasteiger partial charge < -0.3 is 16.2 Å². The number of hydrogen-bond donors (Lipinski definition) is 3. The Morgan fingerprint density at radius 3 is 2.58 bits per heavy atom. The van der Waals surface area contributed by atoms with Gasteiger partial charge in [0.25, 0.3) is 0 Å². The molecule has 3 aromatic heterocycles. The number of aromatic nitrogens is 5. The van der Waals surface area contributed by atoms with Crippen molar-refractivity contribution in [2.24, 2.45) is 0 Å². The van der Waals surface area contributed by atoms with Crippen molar-refractivity contribution in [3.05, 3.63) is 53.7 Å². The second kappa shape index (κ2) is 7.82. The van der Waals surface area contributed by atoms with Crippen LogP contribution in [-0.4, -0.2) is 37.9 Å². The fraction of sp³-hybridized carbons (Fsp3) is 0.105. The van der Waals surface area contributed by atoms with Crippen LogP contribution in [0.15, 0.2) is 36.5 Å². The molecule has 12 heteroatoms. The van der Waals surface area contributed by atoms with Gasteiger partial charge in [-0.25, -0.2) is 33.2 Å². The molecule has 0 radical (unpaired) electrons. The fourth-order valence-electron chi connectivity index (χ4n) is 3.00. The van der Waals surface area contributed by atoms with E-state index in [1.165, 1.54) is 30.0 Å². The lowest BCUT2D eigenvalue weighted by atomic mass is 10.2. The minimum atomic E-state index is -0.800. The number of carbonyl (C=O) groups is 1. The van der Waals surface area contributed by atoms with E-state index >= 15 is 0 Å². The molecule has 0 atom stereocenters. The molecule has 0 unspecified atom stereocenters. The zero-order chi connectivity index (χ0) is 22.1. The summed E-state index contributed by atoms with van der Waals surface area (Å²) >= 11 is 0. The lowest BCUT2D eigenvalue weighted by Gasteiger charge is -2.10. The zero-order valence-electron chi connectivity index (χ0n) is 16.1. The molecular weight excluding hydrogens is 410 g/mol. The first kappa shape index (κ1) is 19.9. The molecule has 0 spiro atoms. The molecule has 4 rings (SSSR count). The number of anilines is 3. The van der Waals surface area contributed by atoms with Crippen LogP contribution in [0, 0.1) is 11.6 Å². The summed E-state index contributed by atoms with van der Waals surface area (Å²) in [5, 5.41) is 7.07. The number of carbonyl (C=O) groups excluding carboxylic acids is 1. The van der Waals surface area contributed by atoms with Gasteiger partial charge in [0.1, 0.15) is 23.0 Å². The summed E-state index contributed by atoms with van der Waals surface area (Å²) < 4.78 is 33.5. The highest BCUT2D eigenvalue weighted by atomic mass is 19.1. The van der Waals surface area contributed by atoms with E-state index in [9.17, 15) is 13.6 Å². The van der Waals surface area contributed by atoms with E-state index in [-0.39, 0.29) is 35.4 Å². The summed E-state index contributed by atoms with van der Waals surface area (Å²) in [4.78, 5) is 23.8. The monoisotopic (exact) mass is 426 g/mol. The molecule has 5 N–H and O–H groups in total. The van der Waals surface area contributed by atoms with Crippen molar-refractivity contribution in [1.29, 1.82) is 0 Å². The zero-order valence-corrected chi connectivity index (χ0v) is 16.1. The molecule has 158 valence electrons. The number of benzene rings is 1. The standard InChI is InChI=1S/C19H16F2N8O2/c1-31-19(30)25-14-15(22)26-17(27-16(14)23)13-12-6-11(21)7-24-18(12)29(28-13)8-9-3-2-4-10(20)5-9/h2-7H,8H2,1H3,(H,25,30)(H4,22,23,26,27). The first-order valence-electron chi connectivity index (χ1n) is 8.90. The number of rotatable bonds is 4. The van der Waals surface area contributed by atoms with Crippen molar-refractivity contribution in [1.82, 2.24) is 24.7 Å². The largest absolute Gasteiger partial charge is 0.453 e. The lowest BCUT2D eigenvalue weighted by Crippen LogP contribution is -2.16. The van der Waals surface area contributed by atoms with Gasteiger partial charge in [-0.2, -0.15) is 5.10 Å². The predicted molar refractivity (Wildman–Crippen MR) is 109 cm³/mol. The van der Waals surface area contributed by atoms with Gasteiger partial charge >= 0.3 is 6.09 Å². The number of nitrogens with two attached hydrogens (primary N) is 2. The Bertz CT molecular complexity index is 1280. The number of halogens is 2. The second-order valence-electron chi connectivity index (χ2n) is 6.47. The van der Waals surface area contributed by atoms with E-state index in [0.29, 0.717) is 16.6 Å². The lowest BCUT2D eigenvalue weighted by molar-refractivity contribution is 0.187. The summed E-state index contributed by atoms with van der Waals surface area (Å²) in [5.41, 5.74) is 12.9. The summed E-state index contributed by atoms with van der Waals surface area (Å²) in [6.45, 7) is 0.167. The first-order chi connectivity index (χ1) is 14.9. The van der Waals surface area contributed by atoms with Gasteiger partial charge in [0.05, 0.1) is 25.2 Å². The van der Waals surface area contributed by atoms with Gasteiger partial charge in [0, 0.05) is 0 Å². The molecule has 1 aromatic carbocycles. The van der Waals surface area contributed by atoms with Crippen LogP contribution in [0.5, 0.6) is 0 Å². The molecule has 0 fully saturated rings. The van der Waals surface area contributed by atoms with Crippen LogP contribution in [0.1, 0.15) is 5.56 Å². The van der Waals surface area contributed by atoms with Crippen molar-refractivity contribution in [3.8, 4) is 11.5 Å². The van der Waals surface area contributed by atoms with Crippen LogP contribution >= 0.6 is 0 Å². The third kappa shape index (κ3) is 3.90. The van der Waals surface area contributed by atoms with Crippen molar-refractivity contribution >= 4 is 34.4 Å². The van der Waals surface area contributed by atoms with E-state index in [4.69, 9.17) is 11.5 Å². The molecule has 10 nitrogen and oxygen atoms in total. The molecule has 0 aliphatic rings. The van der Waals surface area contributed by atoms with Crippen LogP contribution in [-0.2, 0) is 11.3 Å². The Balaban J connectivity index is 1.82. The third-order valence-corrected chi connectivity index (χ3v) is 4.36. The fourth-order valence-corrected chi connectivity index (χ4v) is 3.00. The first-order valence-corrected chi connectivity index (χ1v) is 8.90. The molecule has 3 heterocycles. The average Bonchev–Trinajstić information content (AvgIpc) is 3.07. The number of nitrogen functional groups attached to an aromatic ring is 2. The van der Waals surface area contributed by atoms with E-state index in [0.717, 1.165) is 6.20 Å². The highest BCUT2D eigenvalue weighted by Gasteiger charge is 2.20. The number of nitrogens with one attached hydrogen (secondary N) is 1. The third-order valence-electron chi connectivity index (χ3n) is 4.36. The summed E-state index contributed by atoms with van der Waals surface area (Å²) in [6, 6.07) is 7.20. The van der Waals surface area contributed by atoms with Gasteiger partial charge in [-0.15, -0.1) is 0 Å². The minimum Gasteiger partial charge on any atom is -0.453 e. The van der Waals surface area contributed by atoms with Gasteiger partial charge in [-0.1, -0.05) is 12.1 Å². The number of nitrogens with zero attached hydrogens (tertiary/aromatic N) is 5. The number of hydrogen-bond acceptors (Lipinski definition) is 8. The number of amides is 1. The van der Waals surface area contributed by atoms with Gasteiger partial charge in [0.2, 0.25) is 0 Å². The van der Waals surface area contributed by atoms with Crippen LogP contribution < -0.4 is 16.8 Å². The SMILES string of the molecule is COC(=O)Nc1c(N)nc(-c2nn(Cc3cccc(F)c3)c3ncc(F)cc23)nc1N. The Morgan fingerprint density at radius 1 is 1.16 bits per heavy atom. The van der Waals surface area contributed by atoms with Crippen molar-refractivity contribution in [2.45, 2.75) is 6.54 Å². The van der Waals surface area contributed by atoms with E-state index in [1.807, 2.05) is 0 Å². The molecule has 4 aromatic rings. The maximum Gasteiger partial charge on any atom is 0.411 e. The topological polar surface area (TPSA) is 147 Å². The average molecular weight is 426 g/mol. The molecule has 0 saturated carbocycles. The number of methoxy groups -OCH3 is 1. The highest BCUT2D eigenvalue weighted by Crippen LogP contribution is 2.30. The molecule has 0 aliphatic heterocycles. The maximum absolute atomic E-state index is 13.9. The molecule has 0 bridgehead atoms. The highest BCUT2D eigenvalue weighted by molar-refractivity contribution is 5.94.